The van der Waals surface area contributed by atoms with Crippen molar-refractivity contribution in [3.63, 3.8) is 0 Å². The van der Waals surface area contributed by atoms with Gasteiger partial charge in [0.05, 0.1) is 0 Å². The molecule has 32 heavy (non-hydrogen) atoms. The van der Waals surface area contributed by atoms with Gasteiger partial charge in [-0.2, -0.15) is 0 Å². The molecule has 0 spiro atoms. The van der Waals surface area contributed by atoms with E-state index in [-0.39, 0.29) is 19.3 Å². The van der Waals surface area contributed by atoms with E-state index in [1.165, 1.54) is 7.11 Å². The Morgan fingerprint density at radius 2 is 1.47 bits per heavy atom. The van der Waals surface area contributed by atoms with Crippen LogP contribution < -0.4 is 0 Å². The molecular weight excluding hydrogens is 654 g/mol. The molecular formula is C19H33NO9PSTl. The molecule has 0 saturated carbocycles. The van der Waals surface area contributed by atoms with Gasteiger partial charge >= 0.3 is 125 Å². The molecule has 2 amide bonds. The van der Waals surface area contributed by atoms with Crippen LogP contribution in [-0.4, -0.2) is 89.2 Å². The van der Waals surface area contributed by atoms with E-state index in [4.69, 9.17) is 37.6 Å². The number of carbonyl (C=O) groups is 3. The van der Waals surface area contributed by atoms with Crippen LogP contribution >= 0.6 is 6.72 Å². The summed E-state index contributed by atoms with van der Waals surface area (Å²) in [5.41, 5.74) is 0. The Labute approximate surface area is 211 Å². The fraction of sp³-hybridized carbons (Fsp3) is 0.842. The average molecular weight is 687 g/mol. The molecule has 0 N–H and O–H groups in total. The van der Waals surface area contributed by atoms with Crippen molar-refractivity contribution in [3.05, 3.63) is 0 Å². The van der Waals surface area contributed by atoms with Crippen LogP contribution in [0.1, 0.15) is 64.2 Å². The van der Waals surface area contributed by atoms with E-state index in [2.05, 4.69) is 0 Å². The Hall–Kier alpha value is -0.0179. The van der Waals surface area contributed by atoms with Gasteiger partial charge in [0.1, 0.15) is 0 Å². The predicted octanol–water partition coefficient (Wildman–Crippen LogP) is 2.74. The van der Waals surface area contributed by atoms with Gasteiger partial charge in [0, 0.05) is 19.3 Å². The first kappa shape index (κ1) is 30.0. The molecule has 1 aliphatic rings. The van der Waals surface area contributed by atoms with Crippen LogP contribution in [0.5, 0.6) is 0 Å². The Morgan fingerprint density at radius 1 is 0.906 bits per heavy atom. The molecule has 1 heterocycles. The first-order chi connectivity index (χ1) is 15.4. The molecule has 1 unspecified atom stereocenters. The Balaban J connectivity index is 1.96. The fourth-order valence-corrected chi connectivity index (χ4v) is 4.55. The van der Waals surface area contributed by atoms with Gasteiger partial charge in [0.15, 0.2) is 0 Å². The zero-order valence-corrected chi connectivity index (χ0v) is 24.9. The minimum atomic E-state index is -2.71. The summed E-state index contributed by atoms with van der Waals surface area (Å²) in [5.74, 6) is -1.44. The third-order valence-electron chi connectivity index (χ3n) is 4.52. The Kier molecular flexibility index (Phi) is 17.2. The second-order valence-electron chi connectivity index (χ2n) is 7.05. The van der Waals surface area contributed by atoms with Crippen molar-refractivity contribution in [3.8, 4) is 0 Å². The number of ether oxygens (including phenoxy) is 1. The third kappa shape index (κ3) is 13.6. The van der Waals surface area contributed by atoms with Crippen LogP contribution in [0.2, 0.25) is 0 Å². The molecule has 0 aromatic rings. The second kappa shape index (κ2) is 18.3. The standard InChI is InChI=1S/C19H33NO9PS.Tl/c1-25-30(31,28-16-15-26-14-12-21)27-13-8-6-4-2-3-5-7-9-19(24)29-20-17(22)10-11-18(20)23;/h2-16H2,1H3;/q-1;+1. The number of hydrogen-bond donors (Lipinski definition) is 0. The van der Waals surface area contributed by atoms with Gasteiger partial charge in [0.2, 0.25) is 0 Å². The quantitative estimate of drug-likeness (QED) is 0.0821. The zero-order chi connectivity index (χ0) is 23.7. The van der Waals surface area contributed by atoms with Gasteiger partial charge in [-0.05, 0) is 6.42 Å². The summed E-state index contributed by atoms with van der Waals surface area (Å²) in [5, 5.41) is 0.594. The van der Waals surface area contributed by atoms with E-state index in [1.807, 2.05) is 0 Å². The van der Waals surface area contributed by atoms with Gasteiger partial charge in [0.25, 0.3) is 11.8 Å². The molecule has 182 valence electrons. The summed E-state index contributed by atoms with van der Waals surface area (Å²) >= 11 is 5.84. The molecule has 1 aliphatic heterocycles. The van der Waals surface area contributed by atoms with Crippen molar-refractivity contribution < 1.29 is 40.2 Å². The molecule has 0 bridgehead atoms. The van der Waals surface area contributed by atoms with Gasteiger partial charge < -0.3 is 4.84 Å². The van der Waals surface area contributed by atoms with Crippen LogP contribution in [-0.2, 0) is 52.0 Å². The number of rotatable bonds is 20. The fourth-order valence-electron chi connectivity index (χ4n) is 2.80. The number of nitrogens with zero attached hydrogens (tertiary/aromatic N) is 1. The summed E-state index contributed by atoms with van der Waals surface area (Å²) in [7, 11) is 1.49. The molecule has 10 nitrogen and oxygen atoms in total. The molecule has 1 atom stereocenters. The number of unbranched alkanes of at least 4 members (excludes halogenated alkanes) is 6. The second-order valence-corrected chi connectivity index (χ2v) is 11.5. The maximum atomic E-state index is 11.7. The molecule has 0 aromatic carbocycles. The van der Waals surface area contributed by atoms with Gasteiger partial charge in [-0.15, -0.1) is 5.06 Å². The zero-order valence-electron chi connectivity index (χ0n) is 18.7. The average Bonchev–Trinajstić information content (AvgIpc) is 3.09. The number of hydroxylamine groups is 2. The van der Waals surface area contributed by atoms with Crippen molar-refractivity contribution in [1.82, 2.24) is 5.06 Å². The predicted molar refractivity (Wildman–Crippen MR) is 120 cm³/mol. The first-order valence-electron chi connectivity index (χ1n) is 10.8. The van der Waals surface area contributed by atoms with Crippen LogP contribution in [0.3, 0.4) is 0 Å². The number of amides is 2. The first-order valence-corrected chi connectivity index (χ1v) is 15.2. The van der Waals surface area contributed by atoms with Crippen molar-refractivity contribution >= 4 is 62.5 Å². The van der Waals surface area contributed by atoms with Gasteiger partial charge in [-0.25, -0.2) is 4.79 Å². The topological polar surface area (TPSA) is 110 Å². The van der Waals surface area contributed by atoms with Crippen molar-refractivity contribution in [2.24, 2.45) is 0 Å². The number of hydrogen-bond acceptors (Lipinski definition) is 10. The normalized spacial score (nSPS) is 15.8. The molecule has 1 saturated heterocycles. The van der Waals surface area contributed by atoms with Crippen molar-refractivity contribution in [2.75, 3.05) is 40.1 Å². The van der Waals surface area contributed by atoms with Crippen LogP contribution in [0, 0.1) is 0 Å². The summed E-state index contributed by atoms with van der Waals surface area (Å²) < 4.78 is 26.8. The van der Waals surface area contributed by atoms with E-state index < -0.39 is 24.5 Å². The van der Waals surface area contributed by atoms with Crippen LogP contribution in [0.4, 0.5) is 0 Å². The number of imide groups is 1. The van der Waals surface area contributed by atoms with E-state index in [9.17, 15) is 14.4 Å². The molecule has 0 aliphatic carbocycles. The molecule has 0 radical (unpaired) electrons. The van der Waals surface area contributed by atoms with Crippen molar-refractivity contribution in [2.45, 2.75) is 64.2 Å². The molecule has 1 rings (SSSR count). The number of carbonyl (C=O) groups excluding carboxylic acids is 3. The monoisotopic (exact) mass is 687 g/mol. The van der Waals surface area contributed by atoms with Crippen molar-refractivity contribution in [1.29, 1.82) is 0 Å². The molecule has 0 aromatic heterocycles. The summed E-state index contributed by atoms with van der Waals surface area (Å²) in [6, 6.07) is 0. The maximum absolute atomic E-state index is 11.7. The third-order valence-corrected chi connectivity index (χ3v) is 7.96. The van der Waals surface area contributed by atoms with Gasteiger partial charge in [-0.1, -0.05) is 25.7 Å². The van der Waals surface area contributed by atoms with E-state index in [0.29, 0.717) is 70.7 Å². The molecule has 1 fully saturated rings. The van der Waals surface area contributed by atoms with E-state index in [1.54, 1.807) is 0 Å². The minimum absolute atomic E-state index is 0.107. The van der Waals surface area contributed by atoms with E-state index in [0.717, 1.165) is 38.5 Å². The van der Waals surface area contributed by atoms with Crippen LogP contribution in [0.15, 0.2) is 0 Å². The summed E-state index contributed by atoms with van der Waals surface area (Å²) in [6.07, 6.45) is 6.95. The van der Waals surface area contributed by atoms with E-state index >= 15 is 0 Å². The Bertz CT molecular complexity index is 610. The summed E-state index contributed by atoms with van der Waals surface area (Å²) in [6.45, 7) is -0.329. The van der Waals surface area contributed by atoms with Gasteiger partial charge in [-0.3, -0.25) is 9.59 Å². The SMILES string of the molecule is COP(=S)(OCCCCCCCCCC(=O)ON1C(=O)CCC1=O)OCCOCC[O][Tl]. The van der Waals surface area contributed by atoms with Crippen LogP contribution in [0.25, 0.3) is 0 Å². The molecule has 13 heteroatoms. The Morgan fingerprint density at radius 3 is 2.09 bits per heavy atom. The summed E-state index contributed by atoms with van der Waals surface area (Å²) in [4.78, 5) is 39.3.